The third-order valence-corrected chi connectivity index (χ3v) is 5.80. The van der Waals surface area contributed by atoms with Gasteiger partial charge >= 0.3 is 10.1 Å². The average molecular weight is 489 g/mol. The smallest absolute Gasteiger partial charge is 0.339 e. The molecule has 1 N–H and O–H groups in total. The summed E-state index contributed by atoms with van der Waals surface area (Å²) < 4.78 is 41.2. The summed E-state index contributed by atoms with van der Waals surface area (Å²) >= 11 is 5.82. The number of halogens is 1. The van der Waals surface area contributed by atoms with E-state index in [9.17, 15) is 13.2 Å². The van der Waals surface area contributed by atoms with Crippen LogP contribution in [0.3, 0.4) is 0 Å². The summed E-state index contributed by atoms with van der Waals surface area (Å²) in [7, 11) is -2.60. The number of benzene rings is 3. The number of nitrogens with zero attached hydrogens (tertiary/aromatic N) is 1. The average Bonchev–Trinajstić information content (AvgIpc) is 2.81. The number of hydrogen-bond donors (Lipinski definition) is 1. The number of methoxy groups -OCH3 is 1. The van der Waals surface area contributed by atoms with Gasteiger partial charge in [0.1, 0.15) is 10.6 Å². The first-order valence-corrected chi connectivity index (χ1v) is 11.6. The minimum Gasteiger partial charge on any atom is -0.497 e. The Morgan fingerprint density at radius 3 is 2.36 bits per heavy atom. The third kappa shape index (κ3) is 6.47. The highest BCUT2D eigenvalue weighted by atomic mass is 35.5. The van der Waals surface area contributed by atoms with Crippen molar-refractivity contribution in [2.75, 3.05) is 13.7 Å². The summed E-state index contributed by atoms with van der Waals surface area (Å²) in [5.41, 5.74) is 3.37. The Morgan fingerprint density at radius 1 is 1.03 bits per heavy atom. The lowest BCUT2D eigenvalue weighted by molar-refractivity contribution is 0.0955. The molecule has 0 aliphatic rings. The van der Waals surface area contributed by atoms with E-state index in [0.717, 1.165) is 0 Å². The van der Waals surface area contributed by atoms with Gasteiger partial charge in [-0.25, -0.2) is 5.43 Å². The van der Waals surface area contributed by atoms with Crippen molar-refractivity contribution in [1.82, 2.24) is 5.43 Å². The van der Waals surface area contributed by atoms with Gasteiger partial charge in [-0.15, -0.1) is 0 Å². The molecule has 0 fully saturated rings. The van der Waals surface area contributed by atoms with Crippen molar-refractivity contribution in [3.8, 4) is 17.2 Å². The van der Waals surface area contributed by atoms with Gasteiger partial charge in [0, 0.05) is 10.6 Å². The highest BCUT2D eigenvalue weighted by molar-refractivity contribution is 7.87. The minimum atomic E-state index is -4.09. The fourth-order valence-electron chi connectivity index (χ4n) is 2.68. The van der Waals surface area contributed by atoms with E-state index in [4.69, 9.17) is 25.3 Å². The molecule has 0 radical (unpaired) electrons. The molecular weight excluding hydrogens is 468 g/mol. The SMILES string of the molecule is CCOc1cc(/C=N\NC(=O)c2ccc(Cl)cc2)ccc1OS(=O)(=O)c1ccc(OC)cc1. The molecule has 3 aromatic rings. The minimum absolute atomic E-state index is 0.0232. The van der Waals surface area contributed by atoms with E-state index in [1.54, 1.807) is 43.3 Å². The van der Waals surface area contributed by atoms with Gasteiger partial charge in [-0.3, -0.25) is 4.79 Å². The maximum absolute atomic E-state index is 12.6. The largest absolute Gasteiger partial charge is 0.497 e. The summed E-state index contributed by atoms with van der Waals surface area (Å²) in [5.74, 6) is 0.354. The van der Waals surface area contributed by atoms with E-state index in [1.165, 1.54) is 43.7 Å². The van der Waals surface area contributed by atoms with E-state index in [2.05, 4.69) is 10.5 Å². The third-order valence-electron chi connectivity index (χ3n) is 4.30. The van der Waals surface area contributed by atoms with Gasteiger partial charge in [-0.2, -0.15) is 13.5 Å². The van der Waals surface area contributed by atoms with Crippen LogP contribution in [0.1, 0.15) is 22.8 Å². The number of hydrazone groups is 1. The summed E-state index contributed by atoms with van der Waals surface area (Å²) in [6.07, 6.45) is 1.40. The molecule has 8 nitrogen and oxygen atoms in total. The Kier molecular flexibility index (Phi) is 7.92. The summed E-state index contributed by atoms with van der Waals surface area (Å²) in [5, 5.41) is 4.45. The fourth-order valence-corrected chi connectivity index (χ4v) is 3.75. The van der Waals surface area contributed by atoms with Gasteiger partial charge in [0.25, 0.3) is 5.91 Å². The molecule has 3 rings (SSSR count). The topological polar surface area (TPSA) is 103 Å². The second-order valence-electron chi connectivity index (χ2n) is 6.56. The maximum atomic E-state index is 12.6. The van der Waals surface area contributed by atoms with Crippen LogP contribution in [0.4, 0.5) is 0 Å². The molecule has 0 saturated heterocycles. The van der Waals surface area contributed by atoms with Crippen LogP contribution in [0.25, 0.3) is 0 Å². The van der Waals surface area contributed by atoms with Gasteiger partial charge < -0.3 is 13.7 Å². The lowest BCUT2D eigenvalue weighted by atomic mass is 10.2. The predicted octanol–water partition coefficient (Wildman–Crippen LogP) is 4.28. The number of nitrogens with one attached hydrogen (secondary N) is 1. The van der Waals surface area contributed by atoms with Gasteiger partial charge in [0.15, 0.2) is 11.5 Å². The molecule has 33 heavy (non-hydrogen) atoms. The van der Waals surface area contributed by atoms with Crippen LogP contribution in [0.2, 0.25) is 5.02 Å². The van der Waals surface area contributed by atoms with Crippen molar-refractivity contribution in [3.05, 3.63) is 82.9 Å². The number of ether oxygens (including phenoxy) is 2. The van der Waals surface area contributed by atoms with Crippen molar-refractivity contribution < 1.29 is 26.9 Å². The van der Waals surface area contributed by atoms with Crippen LogP contribution in [0.15, 0.2) is 76.7 Å². The second kappa shape index (κ2) is 10.8. The second-order valence-corrected chi connectivity index (χ2v) is 8.54. The Labute approximate surface area is 196 Å². The van der Waals surface area contributed by atoms with Crippen molar-refractivity contribution in [2.45, 2.75) is 11.8 Å². The normalized spacial score (nSPS) is 11.2. The molecule has 0 atom stereocenters. The molecule has 3 aromatic carbocycles. The van der Waals surface area contributed by atoms with Crippen LogP contribution in [-0.4, -0.2) is 34.3 Å². The molecule has 0 saturated carbocycles. The zero-order valence-corrected chi connectivity index (χ0v) is 19.4. The Morgan fingerprint density at radius 2 is 1.73 bits per heavy atom. The predicted molar refractivity (Wildman–Crippen MR) is 125 cm³/mol. The molecule has 0 heterocycles. The number of carbonyl (C=O) groups is 1. The number of carbonyl (C=O) groups excluding carboxylic acids is 1. The number of hydrogen-bond acceptors (Lipinski definition) is 7. The molecule has 1 amide bonds. The first kappa shape index (κ1) is 24.1. The lowest BCUT2D eigenvalue weighted by Gasteiger charge is -2.12. The zero-order valence-electron chi connectivity index (χ0n) is 17.8. The van der Waals surface area contributed by atoms with Crippen LogP contribution >= 0.6 is 11.6 Å². The fraction of sp³-hybridized carbons (Fsp3) is 0.130. The molecule has 172 valence electrons. The quantitative estimate of drug-likeness (QED) is 0.274. The standard InChI is InChI=1S/C23H21ClN2O6S/c1-3-31-22-14-16(15-25-26-23(27)17-5-7-18(24)8-6-17)4-13-21(22)32-33(28,29)20-11-9-19(30-2)10-12-20/h4-15H,3H2,1-2H3,(H,26,27)/b25-15-. The van der Waals surface area contributed by atoms with E-state index in [-0.39, 0.29) is 23.0 Å². The van der Waals surface area contributed by atoms with Crippen molar-refractivity contribution >= 4 is 33.8 Å². The van der Waals surface area contributed by atoms with Crippen molar-refractivity contribution in [1.29, 1.82) is 0 Å². The van der Waals surface area contributed by atoms with Crippen LogP contribution in [-0.2, 0) is 10.1 Å². The lowest BCUT2D eigenvalue weighted by Crippen LogP contribution is -2.17. The summed E-state index contributed by atoms with van der Waals surface area (Å²) in [6, 6.07) is 16.8. The summed E-state index contributed by atoms with van der Waals surface area (Å²) in [6.45, 7) is 2.04. The Bertz CT molecular complexity index is 1240. The Balaban J connectivity index is 1.74. The maximum Gasteiger partial charge on any atom is 0.339 e. The van der Waals surface area contributed by atoms with E-state index >= 15 is 0 Å². The zero-order chi connectivity index (χ0) is 23.8. The van der Waals surface area contributed by atoms with Gasteiger partial charge in [0.2, 0.25) is 0 Å². The highest BCUT2D eigenvalue weighted by Gasteiger charge is 2.19. The molecule has 0 spiro atoms. The van der Waals surface area contributed by atoms with Crippen LogP contribution < -0.4 is 19.1 Å². The van der Waals surface area contributed by atoms with Gasteiger partial charge in [-0.05, 0) is 79.2 Å². The van der Waals surface area contributed by atoms with Crippen LogP contribution in [0, 0.1) is 0 Å². The van der Waals surface area contributed by atoms with Crippen LogP contribution in [0.5, 0.6) is 17.2 Å². The molecule has 0 bridgehead atoms. The molecular formula is C23H21ClN2O6S. The monoisotopic (exact) mass is 488 g/mol. The summed E-state index contributed by atoms with van der Waals surface area (Å²) in [4.78, 5) is 12.1. The number of rotatable bonds is 9. The van der Waals surface area contributed by atoms with E-state index < -0.39 is 16.0 Å². The van der Waals surface area contributed by atoms with Gasteiger partial charge in [0.05, 0.1) is 19.9 Å². The Hall–Kier alpha value is -3.56. The molecule has 0 aromatic heterocycles. The number of amides is 1. The van der Waals surface area contributed by atoms with Crippen molar-refractivity contribution in [2.24, 2.45) is 5.10 Å². The molecule has 0 unspecified atom stereocenters. The van der Waals surface area contributed by atoms with Gasteiger partial charge in [-0.1, -0.05) is 11.6 Å². The highest BCUT2D eigenvalue weighted by Crippen LogP contribution is 2.31. The molecule has 0 aliphatic heterocycles. The van der Waals surface area contributed by atoms with E-state index in [1.807, 2.05) is 0 Å². The first-order valence-electron chi connectivity index (χ1n) is 9.76. The van der Waals surface area contributed by atoms with Crippen molar-refractivity contribution in [3.63, 3.8) is 0 Å². The first-order chi connectivity index (χ1) is 15.8. The molecule has 10 heteroatoms. The molecule has 0 aliphatic carbocycles. The van der Waals surface area contributed by atoms with E-state index in [0.29, 0.717) is 21.9 Å².